The van der Waals surface area contributed by atoms with Crippen LogP contribution in [0.2, 0.25) is 0 Å². The molecule has 4 rings (SSSR count). The third-order valence-corrected chi connectivity index (χ3v) is 4.56. The van der Waals surface area contributed by atoms with Crippen molar-refractivity contribution in [2.24, 2.45) is 10.7 Å². The Morgan fingerprint density at radius 1 is 1.27 bits per heavy atom. The van der Waals surface area contributed by atoms with Gasteiger partial charge in [0.1, 0.15) is 11.2 Å². The number of rotatable bonds is 4. The van der Waals surface area contributed by atoms with E-state index in [-0.39, 0.29) is 17.3 Å². The fraction of sp³-hybridized carbons (Fsp3) is 0.190. The van der Waals surface area contributed by atoms with Gasteiger partial charge in [-0.1, -0.05) is 24.3 Å². The van der Waals surface area contributed by atoms with E-state index >= 15 is 0 Å². The number of non-ortho nitro benzene ring substituents is 1. The van der Waals surface area contributed by atoms with E-state index in [1.807, 2.05) is 0 Å². The van der Waals surface area contributed by atoms with Crippen LogP contribution < -0.4 is 11.1 Å². The molecule has 1 aliphatic rings. The minimum Gasteiger partial charge on any atom is -0.387 e. The Labute approximate surface area is 172 Å². The highest BCUT2D eigenvalue weighted by molar-refractivity contribution is 6.07. The molecule has 2 heterocycles. The summed E-state index contributed by atoms with van der Waals surface area (Å²) < 4.78 is 0. The topological polar surface area (TPSA) is 150 Å². The number of hydrogen-bond donors (Lipinski definition) is 4. The standard InChI is InChI=1S/C17H14N4O3.C4H8N2/c1-10(18)11-5-7-13(8-6-11)19-17(22)14-9-12-3-2-4-15(21(23)24)16(12)20-14;5-4-2-1-3-6-4/h2-9,18,20H,1H3,(H,19,22);1-3H2,(H2,5,6). The number of benzene rings is 2. The number of nitrogens with two attached hydrogens (primary N) is 1. The fourth-order valence-electron chi connectivity index (χ4n) is 2.98. The first-order valence-electron chi connectivity index (χ1n) is 9.37. The summed E-state index contributed by atoms with van der Waals surface area (Å²) in [5, 5.41) is 21.9. The molecule has 0 fully saturated rings. The maximum atomic E-state index is 12.3. The van der Waals surface area contributed by atoms with Gasteiger partial charge in [-0.15, -0.1) is 0 Å². The number of nitro benzene ring substituents is 1. The number of nitrogens with zero attached hydrogens (tertiary/aromatic N) is 2. The number of hydrogen-bond acceptors (Lipinski definition) is 6. The molecule has 2 aromatic carbocycles. The summed E-state index contributed by atoms with van der Waals surface area (Å²) in [7, 11) is 0. The van der Waals surface area contributed by atoms with Crippen molar-refractivity contribution >= 4 is 39.7 Å². The molecule has 0 bridgehead atoms. The Morgan fingerprint density at radius 2 is 2.00 bits per heavy atom. The van der Waals surface area contributed by atoms with Gasteiger partial charge in [-0.25, -0.2) is 0 Å². The molecule has 30 heavy (non-hydrogen) atoms. The summed E-state index contributed by atoms with van der Waals surface area (Å²) in [6, 6.07) is 13.1. The van der Waals surface area contributed by atoms with Gasteiger partial charge < -0.3 is 21.4 Å². The van der Waals surface area contributed by atoms with Crippen molar-refractivity contribution in [3.05, 3.63) is 69.9 Å². The van der Waals surface area contributed by atoms with Crippen molar-refractivity contribution in [1.82, 2.24) is 4.98 Å². The Balaban J connectivity index is 0.000000367. The van der Waals surface area contributed by atoms with E-state index in [0.717, 1.165) is 30.8 Å². The van der Waals surface area contributed by atoms with Crippen LogP contribution in [0.3, 0.4) is 0 Å². The average Bonchev–Trinajstić information content (AvgIpc) is 3.37. The van der Waals surface area contributed by atoms with Gasteiger partial charge in [-0.2, -0.15) is 0 Å². The van der Waals surface area contributed by atoms with E-state index in [1.165, 1.54) is 6.07 Å². The third-order valence-electron chi connectivity index (χ3n) is 4.56. The predicted octanol–water partition coefficient (Wildman–Crippen LogP) is 3.85. The number of anilines is 1. The summed E-state index contributed by atoms with van der Waals surface area (Å²) in [5.41, 5.74) is 7.57. The number of nitrogens with one attached hydrogen (secondary N) is 3. The Bertz CT molecular complexity index is 1130. The highest BCUT2D eigenvalue weighted by atomic mass is 16.6. The molecular formula is C21H22N6O3. The molecule has 1 aliphatic heterocycles. The van der Waals surface area contributed by atoms with E-state index in [1.54, 1.807) is 49.4 Å². The molecule has 9 nitrogen and oxygen atoms in total. The van der Waals surface area contributed by atoms with Crippen LogP contribution in [-0.2, 0) is 0 Å². The van der Waals surface area contributed by atoms with Crippen molar-refractivity contribution in [2.75, 3.05) is 11.9 Å². The maximum Gasteiger partial charge on any atom is 0.293 e. The fourth-order valence-corrected chi connectivity index (χ4v) is 2.98. The predicted molar refractivity (Wildman–Crippen MR) is 118 cm³/mol. The number of aromatic nitrogens is 1. The number of amides is 1. The zero-order chi connectivity index (χ0) is 21.7. The summed E-state index contributed by atoms with van der Waals surface area (Å²) in [4.78, 5) is 29.6. The Hall–Kier alpha value is -4.01. The van der Waals surface area contributed by atoms with Gasteiger partial charge in [0.25, 0.3) is 11.6 Å². The van der Waals surface area contributed by atoms with Crippen LogP contribution in [0.25, 0.3) is 10.9 Å². The number of aromatic amines is 1. The summed E-state index contributed by atoms with van der Waals surface area (Å²) >= 11 is 0. The van der Waals surface area contributed by atoms with Gasteiger partial charge in [0.15, 0.2) is 0 Å². The van der Waals surface area contributed by atoms with Crippen LogP contribution >= 0.6 is 0 Å². The molecule has 0 saturated carbocycles. The van der Waals surface area contributed by atoms with Crippen LogP contribution in [0.5, 0.6) is 0 Å². The minimum absolute atomic E-state index is 0.0719. The Morgan fingerprint density at radius 3 is 2.53 bits per heavy atom. The highest BCUT2D eigenvalue weighted by Crippen LogP contribution is 2.25. The SMILES string of the molecule is CC(=N)c1ccc(NC(=O)c2cc3cccc([N+](=O)[O-])c3[nH]2)cc1.NC1=NCCC1. The molecule has 9 heteroatoms. The monoisotopic (exact) mass is 406 g/mol. The molecule has 154 valence electrons. The molecule has 0 radical (unpaired) electrons. The second-order valence-electron chi connectivity index (χ2n) is 6.81. The lowest BCUT2D eigenvalue weighted by Gasteiger charge is -2.05. The minimum atomic E-state index is -0.487. The molecule has 1 amide bonds. The molecule has 0 spiro atoms. The van der Waals surface area contributed by atoms with Crippen molar-refractivity contribution in [3.8, 4) is 0 Å². The van der Waals surface area contributed by atoms with Crippen LogP contribution in [0.1, 0.15) is 35.8 Å². The van der Waals surface area contributed by atoms with Crippen molar-refractivity contribution in [1.29, 1.82) is 5.41 Å². The van der Waals surface area contributed by atoms with Gasteiger partial charge in [0, 0.05) is 35.8 Å². The van der Waals surface area contributed by atoms with Crippen molar-refractivity contribution in [3.63, 3.8) is 0 Å². The number of amidine groups is 1. The molecule has 0 aliphatic carbocycles. The number of carbonyl (C=O) groups is 1. The van der Waals surface area contributed by atoms with E-state index in [0.29, 0.717) is 22.3 Å². The van der Waals surface area contributed by atoms with Gasteiger partial charge in [0.05, 0.1) is 10.8 Å². The molecular weight excluding hydrogens is 384 g/mol. The van der Waals surface area contributed by atoms with Crippen LogP contribution in [0.15, 0.2) is 53.5 Å². The number of carbonyl (C=O) groups excluding carboxylic acids is 1. The van der Waals surface area contributed by atoms with E-state index in [9.17, 15) is 14.9 Å². The zero-order valence-corrected chi connectivity index (χ0v) is 16.4. The van der Waals surface area contributed by atoms with Crippen molar-refractivity contribution < 1.29 is 9.72 Å². The Kier molecular flexibility index (Phi) is 6.21. The zero-order valence-electron chi connectivity index (χ0n) is 16.4. The lowest BCUT2D eigenvalue weighted by Crippen LogP contribution is -2.12. The van der Waals surface area contributed by atoms with Crippen LogP contribution in [-0.4, -0.2) is 33.9 Å². The number of H-pyrrole nitrogens is 1. The molecule has 5 N–H and O–H groups in total. The maximum absolute atomic E-state index is 12.3. The lowest BCUT2D eigenvalue weighted by atomic mass is 10.1. The molecule has 0 unspecified atom stereocenters. The number of aliphatic imine (C=N–C) groups is 1. The van der Waals surface area contributed by atoms with E-state index in [2.05, 4.69) is 15.3 Å². The second-order valence-corrected chi connectivity index (χ2v) is 6.81. The van der Waals surface area contributed by atoms with Gasteiger partial charge in [-0.05, 0) is 37.1 Å². The van der Waals surface area contributed by atoms with Gasteiger partial charge >= 0.3 is 0 Å². The normalized spacial score (nSPS) is 12.6. The van der Waals surface area contributed by atoms with E-state index < -0.39 is 4.92 Å². The first-order chi connectivity index (χ1) is 14.3. The molecule has 0 atom stereocenters. The molecule has 1 aromatic heterocycles. The smallest absolute Gasteiger partial charge is 0.293 e. The highest BCUT2D eigenvalue weighted by Gasteiger charge is 2.17. The van der Waals surface area contributed by atoms with Crippen LogP contribution in [0.4, 0.5) is 11.4 Å². The van der Waals surface area contributed by atoms with Crippen molar-refractivity contribution in [2.45, 2.75) is 19.8 Å². The van der Waals surface area contributed by atoms with Gasteiger partial charge in [0.2, 0.25) is 0 Å². The van der Waals surface area contributed by atoms with Gasteiger partial charge in [-0.3, -0.25) is 19.9 Å². The summed E-state index contributed by atoms with van der Waals surface area (Å²) in [6.07, 6.45) is 2.17. The first-order valence-corrected chi connectivity index (χ1v) is 9.37. The number of para-hydroxylation sites is 1. The molecule has 3 aromatic rings. The lowest BCUT2D eigenvalue weighted by molar-refractivity contribution is -0.383. The average molecular weight is 406 g/mol. The van der Waals surface area contributed by atoms with E-state index in [4.69, 9.17) is 11.1 Å². The molecule has 0 saturated heterocycles. The van der Waals surface area contributed by atoms with Crippen LogP contribution in [0, 0.1) is 15.5 Å². The summed E-state index contributed by atoms with van der Waals surface area (Å²) in [5.74, 6) is 0.440. The largest absolute Gasteiger partial charge is 0.387 e. The first kappa shape index (κ1) is 20.7. The second kappa shape index (κ2) is 8.99. The third kappa shape index (κ3) is 4.88. The quantitative estimate of drug-likeness (QED) is 0.295. The number of nitro groups is 1. The summed E-state index contributed by atoms with van der Waals surface area (Å²) in [6.45, 7) is 2.64. The number of fused-ring (bicyclic) bond motifs is 1.